The number of hydrogen-bond donors (Lipinski definition) is 2. The largest absolute Gasteiger partial charge is 0.478 e. The second-order valence-corrected chi connectivity index (χ2v) is 5.84. The van der Waals surface area contributed by atoms with Gasteiger partial charge in [0.05, 0.1) is 16.6 Å². The van der Waals surface area contributed by atoms with E-state index in [1.54, 1.807) is 11.7 Å². The van der Waals surface area contributed by atoms with Crippen molar-refractivity contribution in [2.75, 3.05) is 12.4 Å². The lowest BCUT2D eigenvalue weighted by Gasteiger charge is -2.10. The molecule has 6 nitrogen and oxygen atoms in total. The van der Waals surface area contributed by atoms with Crippen LogP contribution in [0.15, 0.2) is 11.1 Å². The van der Waals surface area contributed by atoms with Crippen LogP contribution in [-0.4, -0.2) is 43.3 Å². The molecule has 1 unspecified atom stereocenters. The van der Waals surface area contributed by atoms with Crippen LogP contribution >= 0.6 is 11.8 Å². The van der Waals surface area contributed by atoms with Gasteiger partial charge in [0, 0.05) is 30.5 Å². The second kappa shape index (κ2) is 5.80. The Morgan fingerprint density at radius 1 is 1.55 bits per heavy atom. The molecular formula is C13H17N3O3S. The fourth-order valence-electron chi connectivity index (χ4n) is 1.96. The molecule has 1 atom stereocenters. The van der Waals surface area contributed by atoms with Crippen molar-refractivity contribution >= 4 is 28.8 Å². The lowest BCUT2D eigenvalue weighted by atomic mass is 10.2. The fourth-order valence-corrected chi connectivity index (χ4v) is 3.19. The van der Waals surface area contributed by atoms with Crippen molar-refractivity contribution in [1.82, 2.24) is 14.8 Å². The Morgan fingerprint density at radius 3 is 2.85 bits per heavy atom. The first kappa shape index (κ1) is 14.8. The Bertz CT molecular complexity index is 654. The van der Waals surface area contributed by atoms with E-state index in [2.05, 4.69) is 10.1 Å². The Hall–Kier alpha value is -1.60. The predicted octanol–water partition coefficient (Wildman–Crippen LogP) is 1.70. The number of carbonyl (C=O) groups is 1. The minimum Gasteiger partial charge on any atom is -0.478 e. The van der Waals surface area contributed by atoms with Gasteiger partial charge in [-0.1, -0.05) is 6.92 Å². The Morgan fingerprint density at radius 2 is 2.25 bits per heavy atom. The molecule has 2 rings (SSSR count). The van der Waals surface area contributed by atoms with Crippen molar-refractivity contribution in [2.45, 2.75) is 18.7 Å². The highest BCUT2D eigenvalue weighted by Gasteiger charge is 2.20. The molecule has 2 aromatic heterocycles. The quantitative estimate of drug-likeness (QED) is 0.816. The molecule has 0 amide bonds. The number of pyridine rings is 1. The van der Waals surface area contributed by atoms with E-state index in [1.807, 2.05) is 13.8 Å². The number of aromatic nitrogens is 3. The SMILES string of the molecule is Cc1nn(C)c2ncc(C(=O)O)c(SCC(C)CO)c12. The van der Waals surface area contributed by atoms with E-state index in [-0.39, 0.29) is 18.1 Å². The molecule has 0 aliphatic carbocycles. The van der Waals surface area contributed by atoms with Crippen LogP contribution in [0.3, 0.4) is 0 Å². The first-order valence-electron chi connectivity index (χ1n) is 6.25. The monoisotopic (exact) mass is 295 g/mol. The molecule has 0 radical (unpaired) electrons. The summed E-state index contributed by atoms with van der Waals surface area (Å²) in [6, 6.07) is 0. The topological polar surface area (TPSA) is 88.2 Å². The molecule has 0 spiro atoms. The standard InChI is InChI=1S/C13H17N3O3S/c1-7(5-17)6-20-11-9(13(18)19)4-14-12-10(11)8(2)15-16(12)3/h4,7,17H,5-6H2,1-3H3,(H,18,19). The van der Waals surface area contributed by atoms with Gasteiger partial charge in [-0.3, -0.25) is 4.68 Å². The molecule has 20 heavy (non-hydrogen) atoms. The Balaban J connectivity index is 2.56. The van der Waals surface area contributed by atoms with Crippen molar-refractivity contribution in [3.8, 4) is 0 Å². The van der Waals surface area contributed by atoms with E-state index >= 15 is 0 Å². The highest BCUT2D eigenvalue weighted by atomic mass is 32.2. The van der Waals surface area contributed by atoms with Gasteiger partial charge in [0.2, 0.25) is 0 Å². The average molecular weight is 295 g/mol. The van der Waals surface area contributed by atoms with Gasteiger partial charge < -0.3 is 10.2 Å². The predicted molar refractivity (Wildman–Crippen MR) is 77.2 cm³/mol. The smallest absolute Gasteiger partial charge is 0.338 e. The molecule has 0 fully saturated rings. The summed E-state index contributed by atoms with van der Waals surface area (Å²) in [4.78, 5) is 16.2. The van der Waals surface area contributed by atoms with Crippen LogP contribution in [0.2, 0.25) is 0 Å². The number of thioether (sulfide) groups is 1. The number of carboxylic acids is 1. The number of nitrogens with zero attached hydrogens (tertiary/aromatic N) is 3. The molecule has 0 aliphatic heterocycles. The summed E-state index contributed by atoms with van der Waals surface area (Å²) in [5.74, 6) is -0.256. The molecule has 7 heteroatoms. The minimum atomic E-state index is -0.998. The van der Waals surface area contributed by atoms with E-state index in [1.165, 1.54) is 18.0 Å². The summed E-state index contributed by atoms with van der Waals surface area (Å²) in [5, 5.41) is 23.5. The number of hydrogen-bond acceptors (Lipinski definition) is 5. The molecule has 0 aliphatic rings. The second-order valence-electron chi connectivity index (χ2n) is 4.81. The molecular weight excluding hydrogens is 278 g/mol. The van der Waals surface area contributed by atoms with Gasteiger partial charge in [-0.15, -0.1) is 11.8 Å². The van der Waals surface area contributed by atoms with Crippen LogP contribution in [0.4, 0.5) is 0 Å². The number of aliphatic hydroxyl groups is 1. The van der Waals surface area contributed by atoms with Gasteiger partial charge in [-0.2, -0.15) is 5.10 Å². The summed E-state index contributed by atoms with van der Waals surface area (Å²) >= 11 is 1.43. The summed E-state index contributed by atoms with van der Waals surface area (Å²) in [6.07, 6.45) is 1.37. The molecule has 2 heterocycles. The van der Waals surface area contributed by atoms with Gasteiger partial charge >= 0.3 is 5.97 Å². The normalized spacial score (nSPS) is 12.8. The lowest BCUT2D eigenvalue weighted by Crippen LogP contribution is -2.06. The molecule has 0 bridgehead atoms. The first-order valence-corrected chi connectivity index (χ1v) is 7.23. The molecule has 2 N–H and O–H groups in total. The molecule has 0 saturated carbocycles. The number of fused-ring (bicyclic) bond motifs is 1. The maximum Gasteiger partial charge on any atom is 0.338 e. The van der Waals surface area contributed by atoms with Crippen LogP contribution < -0.4 is 0 Å². The van der Waals surface area contributed by atoms with Crippen molar-refractivity contribution < 1.29 is 15.0 Å². The third kappa shape index (κ3) is 2.64. The summed E-state index contributed by atoms with van der Waals surface area (Å²) in [5.41, 5.74) is 1.62. The van der Waals surface area contributed by atoms with Gasteiger partial charge in [-0.05, 0) is 12.8 Å². The van der Waals surface area contributed by atoms with Crippen LogP contribution in [0.1, 0.15) is 23.0 Å². The lowest BCUT2D eigenvalue weighted by molar-refractivity contribution is 0.0693. The molecule has 108 valence electrons. The van der Waals surface area contributed by atoms with Crippen molar-refractivity contribution in [2.24, 2.45) is 13.0 Å². The van der Waals surface area contributed by atoms with Crippen molar-refractivity contribution in [3.05, 3.63) is 17.5 Å². The van der Waals surface area contributed by atoms with Gasteiger partial charge in [0.25, 0.3) is 0 Å². The van der Waals surface area contributed by atoms with E-state index < -0.39 is 5.97 Å². The molecule has 0 saturated heterocycles. The van der Waals surface area contributed by atoms with Crippen molar-refractivity contribution in [3.63, 3.8) is 0 Å². The highest BCUT2D eigenvalue weighted by Crippen LogP contribution is 2.33. The Kier molecular flexibility index (Phi) is 4.29. The maximum atomic E-state index is 11.4. The van der Waals surface area contributed by atoms with E-state index in [0.717, 1.165) is 11.1 Å². The zero-order chi connectivity index (χ0) is 14.9. The van der Waals surface area contributed by atoms with Crippen LogP contribution in [0.5, 0.6) is 0 Å². The summed E-state index contributed by atoms with van der Waals surface area (Å²) in [6.45, 7) is 3.84. The molecule has 0 aromatic carbocycles. The number of aliphatic hydroxyl groups excluding tert-OH is 1. The van der Waals surface area contributed by atoms with Gasteiger partial charge in [0.1, 0.15) is 0 Å². The minimum absolute atomic E-state index is 0.0790. The average Bonchev–Trinajstić information content (AvgIpc) is 2.70. The van der Waals surface area contributed by atoms with Gasteiger partial charge in [0.15, 0.2) is 5.65 Å². The summed E-state index contributed by atoms with van der Waals surface area (Å²) < 4.78 is 1.65. The van der Waals surface area contributed by atoms with Crippen molar-refractivity contribution in [1.29, 1.82) is 0 Å². The fraction of sp³-hybridized carbons (Fsp3) is 0.462. The first-order chi connectivity index (χ1) is 9.45. The van der Waals surface area contributed by atoms with Crippen LogP contribution in [0, 0.1) is 12.8 Å². The van der Waals surface area contributed by atoms with E-state index in [4.69, 9.17) is 5.11 Å². The third-order valence-corrected chi connectivity index (χ3v) is 4.48. The zero-order valence-corrected chi connectivity index (χ0v) is 12.4. The molecule has 2 aromatic rings. The van der Waals surface area contributed by atoms with Gasteiger partial charge in [-0.25, -0.2) is 9.78 Å². The van der Waals surface area contributed by atoms with E-state index in [0.29, 0.717) is 16.3 Å². The zero-order valence-electron chi connectivity index (χ0n) is 11.6. The number of carboxylic acid groups (broad SMARTS) is 1. The highest BCUT2D eigenvalue weighted by molar-refractivity contribution is 7.99. The maximum absolute atomic E-state index is 11.4. The number of aromatic carboxylic acids is 1. The number of aryl methyl sites for hydroxylation is 2. The van der Waals surface area contributed by atoms with E-state index in [9.17, 15) is 9.90 Å². The van der Waals surface area contributed by atoms with Crippen LogP contribution in [-0.2, 0) is 7.05 Å². The Labute approximate surface area is 120 Å². The number of rotatable bonds is 5. The van der Waals surface area contributed by atoms with Crippen LogP contribution in [0.25, 0.3) is 11.0 Å². The third-order valence-electron chi connectivity index (χ3n) is 3.03. The summed E-state index contributed by atoms with van der Waals surface area (Å²) in [7, 11) is 1.79.